The van der Waals surface area contributed by atoms with E-state index in [0.29, 0.717) is 11.0 Å². The summed E-state index contributed by atoms with van der Waals surface area (Å²) in [5.41, 5.74) is 7.16. The van der Waals surface area contributed by atoms with Gasteiger partial charge in [0.1, 0.15) is 42.4 Å². The summed E-state index contributed by atoms with van der Waals surface area (Å²) in [5, 5.41) is 11.0. The number of phosphoric acid groups is 2. The first-order valence-corrected chi connectivity index (χ1v) is 15.8. The highest BCUT2D eigenvalue weighted by atomic mass is 31.2. The van der Waals surface area contributed by atoms with Crippen LogP contribution in [0.15, 0.2) is 43.2 Å². The molecule has 0 amide bonds. The molecule has 3 aliphatic heterocycles. The van der Waals surface area contributed by atoms with E-state index >= 15 is 4.39 Å². The van der Waals surface area contributed by atoms with Gasteiger partial charge >= 0.3 is 15.6 Å². The molecule has 5 N–H and O–H groups in total. The Morgan fingerprint density at radius 2 is 1.56 bits per heavy atom. The van der Waals surface area contributed by atoms with E-state index < -0.39 is 78.0 Å². The smallest absolute Gasteiger partial charge is 0.387 e. The number of halogens is 1. The Balaban J connectivity index is 1.20. The Morgan fingerprint density at radius 1 is 0.884 bits per heavy atom. The Hall–Kier alpha value is -2.93. The molecule has 0 saturated carbocycles. The van der Waals surface area contributed by atoms with Gasteiger partial charge in [-0.25, -0.2) is 33.5 Å². The normalized spacial score (nSPS) is 38.9. The fourth-order valence-corrected chi connectivity index (χ4v) is 7.20. The molecule has 6 heterocycles. The van der Waals surface area contributed by atoms with Crippen molar-refractivity contribution in [2.45, 2.75) is 49.1 Å². The molecule has 0 radical (unpaired) electrons. The molecule has 6 unspecified atom stereocenters. The molecule has 7 rings (SSSR count). The van der Waals surface area contributed by atoms with Gasteiger partial charge in [0.05, 0.1) is 36.9 Å². The minimum atomic E-state index is -5.06. The van der Waals surface area contributed by atoms with Crippen molar-refractivity contribution >= 4 is 43.7 Å². The molecule has 21 heteroatoms. The number of rotatable bonds is 2. The Morgan fingerprint density at radius 3 is 2.35 bits per heavy atom. The number of aliphatic hydroxyl groups is 1. The van der Waals surface area contributed by atoms with Crippen LogP contribution in [-0.2, 0) is 36.7 Å². The summed E-state index contributed by atoms with van der Waals surface area (Å²) in [6.45, 7) is -1.58. The number of anilines is 1. The number of phosphoric ester groups is 2. The number of nitrogen functional groups attached to an aromatic ring is 1. The highest BCUT2D eigenvalue weighted by Gasteiger charge is 2.54. The molecule has 3 aliphatic rings. The average molecular weight is 643 g/mol. The molecule has 18 nitrogen and oxygen atoms in total. The van der Waals surface area contributed by atoms with E-state index in [4.69, 9.17) is 33.3 Å². The Labute approximate surface area is 240 Å². The molecule has 0 spiro atoms. The van der Waals surface area contributed by atoms with E-state index in [1.165, 1.54) is 21.8 Å². The number of para-hydroxylation sites is 2. The van der Waals surface area contributed by atoms with Gasteiger partial charge in [0.2, 0.25) is 0 Å². The molecule has 10 atom stereocenters. The maximum Gasteiger partial charge on any atom is 0.472 e. The summed E-state index contributed by atoms with van der Waals surface area (Å²) in [7, 11) is -10.1. The fourth-order valence-electron chi connectivity index (χ4n) is 5.31. The summed E-state index contributed by atoms with van der Waals surface area (Å²) < 4.78 is 77.0. The molecule has 3 aromatic heterocycles. The molecule has 1 aromatic carbocycles. The number of benzene rings is 1. The fraction of sp³-hybridized carbons (Fsp3) is 0.455. The summed E-state index contributed by atoms with van der Waals surface area (Å²) >= 11 is 0. The largest absolute Gasteiger partial charge is 0.472 e. The third kappa shape index (κ3) is 5.15. The van der Waals surface area contributed by atoms with Crippen LogP contribution in [0.25, 0.3) is 22.2 Å². The molecule has 3 fully saturated rings. The van der Waals surface area contributed by atoms with Crippen LogP contribution in [0.1, 0.15) is 12.5 Å². The quantitative estimate of drug-likeness (QED) is 0.223. The summed E-state index contributed by atoms with van der Waals surface area (Å²) in [5.74, 6) is 0.0203. The number of ether oxygens (including phenoxy) is 2. The van der Waals surface area contributed by atoms with Gasteiger partial charge in [0.15, 0.2) is 30.1 Å². The molecule has 4 aromatic rings. The monoisotopic (exact) mass is 643 g/mol. The molecular formula is C22H24FN7O11P2. The number of nitrogens with zero attached hydrogens (tertiary/aromatic N) is 6. The van der Waals surface area contributed by atoms with Crippen LogP contribution in [0.4, 0.5) is 10.2 Å². The first kappa shape index (κ1) is 28.8. The number of imidazole rings is 2. The second-order valence-electron chi connectivity index (χ2n) is 9.96. The van der Waals surface area contributed by atoms with Crippen LogP contribution in [0.5, 0.6) is 0 Å². The number of aromatic nitrogens is 6. The molecule has 43 heavy (non-hydrogen) atoms. The van der Waals surface area contributed by atoms with Crippen molar-refractivity contribution in [3.8, 4) is 0 Å². The lowest BCUT2D eigenvalue weighted by atomic mass is 10.1. The number of aliphatic hydroxyl groups excluding tert-OH is 1. The summed E-state index contributed by atoms with van der Waals surface area (Å²) in [4.78, 5) is 37.4. The first-order valence-electron chi connectivity index (χ1n) is 12.8. The van der Waals surface area contributed by atoms with Crippen molar-refractivity contribution in [1.29, 1.82) is 0 Å². The lowest BCUT2D eigenvalue weighted by Crippen LogP contribution is -2.35. The topological polar surface area (TPSA) is 238 Å². The summed E-state index contributed by atoms with van der Waals surface area (Å²) in [6.07, 6.45) is -9.15. The van der Waals surface area contributed by atoms with Gasteiger partial charge in [-0.15, -0.1) is 0 Å². The molecular weight excluding hydrogens is 619 g/mol. The van der Waals surface area contributed by atoms with Gasteiger partial charge in [-0.05, 0) is 12.1 Å². The van der Waals surface area contributed by atoms with Crippen LogP contribution < -0.4 is 5.73 Å². The van der Waals surface area contributed by atoms with Crippen LogP contribution in [0.3, 0.4) is 0 Å². The predicted octanol–water partition coefficient (Wildman–Crippen LogP) is 0.970. The van der Waals surface area contributed by atoms with Gasteiger partial charge in [0, 0.05) is 0 Å². The number of alkyl halides is 1. The zero-order valence-electron chi connectivity index (χ0n) is 21.7. The van der Waals surface area contributed by atoms with Crippen molar-refractivity contribution in [2.24, 2.45) is 0 Å². The molecule has 3 saturated heterocycles. The van der Waals surface area contributed by atoms with E-state index in [2.05, 4.69) is 19.9 Å². The van der Waals surface area contributed by atoms with E-state index in [1.54, 1.807) is 24.3 Å². The highest BCUT2D eigenvalue weighted by molar-refractivity contribution is 7.47. The van der Waals surface area contributed by atoms with E-state index in [9.17, 15) is 24.0 Å². The third-order valence-corrected chi connectivity index (χ3v) is 9.28. The average Bonchev–Trinajstić information content (AvgIpc) is 3.72. The standard InChI is InChI=1S/C22H24FN7O11P2/c23-14-17-13(39-21(14)30-9-28-15-19(24)25-7-26-20(15)30)6-37-43(34,35)41-18-16(31)12(5-36-42(32,33)40-17)38-22(18)29-8-27-10-3-1-2-4-11(10)29/h1-4,7-9,12-14,16-18,21-22,31H,5-6H2,(H,32,33)(H,34,35)(H2,24,25,26)/t12-,13-,14?,16?,17?,18?,21-,22-/m1/s1. The minimum absolute atomic E-state index is 0.0203. The number of hydrogen-bond acceptors (Lipinski definition) is 14. The maximum atomic E-state index is 15.9. The first-order chi connectivity index (χ1) is 20.5. The summed E-state index contributed by atoms with van der Waals surface area (Å²) in [6, 6.07) is 6.90. The van der Waals surface area contributed by atoms with E-state index in [1.807, 2.05) is 0 Å². The van der Waals surface area contributed by atoms with Gasteiger partial charge in [0.25, 0.3) is 0 Å². The van der Waals surface area contributed by atoms with Crippen LogP contribution >= 0.6 is 15.6 Å². The zero-order chi connectivity index (χ0) is 30.1. The van der Waals surface area contributed by atoms with E-state index in [0.717, 1.165) is 6.33 Å². The second-order valence-corrected chi connectivity index (χ2v) is 12.8. The third-order valence-electron chi connectivity index (χ3n) is 7.31. The van der Waals surface area contributed by atoms with Crippen LogP contribution in [-0.4, -0.2) is 93.9 Å². The van der Waals surface area contributed by atoms with Crippen molar-refractivity contribution in [2.75, 3.05) is 18.9 Å². The van der Waals surface area contributed by atoms with Crippen LogP contribution in [0.2, 0.25) is 0 Å². The molecule has 2 bridgehead atoms. The van der Waals surface area contributed by atoms with E-state index in [-0.39, 0.29) is 17.0 Å². The van der Waals surface area contributed by atoms with Gasteiger partial charge in [-0.1, -0.05) is 12.1 Å². The lowest BCUT2D eigenvalue weighted by Gasteiger charge is -2.25. The second kappa shape index (κ2) is 10.6. The lowest BCUT2D eigenvalue weighted by molar-refractivity contribution is -0.0669. The van der Waals surface area contributed by atoms with Crippen molar-refractivity contribution in [1.82, 2.24) is 29.1 Å². The molecule has 230 valence electrons. The highest BCUT2D eigenvalue weighted by Crippen LogP contribution is 2.54. The number of nitrogens with two attached hydrogens (primary N) is 1. The number of fused-ring (bicyclic) bond motifs is 5. The van der Waals surface area contributed by atoms with Gasteiger partial charge < -0.3 is 34.7 Å². The van der Waals surface area contributed by atoms with Gasteiger partial charge in [-0.3, -0.25) is 22.7 Å². The van der Waals surface area contributed by atoms with Crippen LogP contribution in [0, 0.1) is 0 Å². The molecule has 0 aliphatic carbocycles. The Kier molecular flexibility index (Phi) is 7.11. The SMILES string of the molecule is Nc1ncnc2c1ncn2[C@@H]1O[C@@H]2COP(=O)(O)OC3C(O)[C@@H](COP(=O)(O)OC2C1F)O[C@H]3n1cnc2ccccc21. The van der Waals surface area contributed by atoms with Gasteiger partial charge in [-0.2, -0.15) is 0 Å². The van der Waals surface area contributed by atoms with Crippen molar-refractivity contribution in [3.05, 3.63) is 43.2 Å². The number of hydrogen-bond donors (Lipinski definition) is 4. The Bertz CT molecular complexity index is 1780. The predicted molar refractivity (Wildman–Crippen MR) is 139 cm³/mol. The maximum absolute atomic E-state index is 15.9. The van der Waals surface area contributed by atoms with Crippen molar-refractivity contribution < 1.29 is 56.0 Å². The minimum Gasteiger partial charge on any atom is -0.387 e. The zero-order valence-corrected chi connectivity index (χ0v) is 23.5. The van der Waals surface area contributed by atoms with Crippen molar-refractivity contribution in [3.63, 3.8) is 0 Å².